The molecule has 1 atom stereocenters. The smallest absolute Gasteiger partial charge is 0.241 e. The summed E-state index contributed by atoms with van der Waals surface area (Å²) in [6, 6.07) is 21.0. The van der Waals surface area contributed by atoms with Crippen molar-refractivity contribution < 1.29 is 22.3 Å². The molecule has 4 rings (SSSR count). The summed E-state index contributed by atoms with van der Waals surface area (Å²) in [5.74, 6) is -0.0371. The molecule has 1 N–H and O–H groups in total. The van der Waals surface area contributed by atoms with E-state index in [1.165, 1.54) is 18.2 Å². The number of piperazine rings is 1. The molecule has 3 aromatic carbocycles. The second kappa shape index (κ2) is 11.5. The normalized spacial score (nSPS) is 14.9. The molecule has 190 valence electrons. The Bertz CT molecular complexity index is 1260. The van der Waals surface area contributed by atoms with Crippen molar-refractivity contribution in [1.29, 1.82) is 0 Å². The van der Waals surface area contributed by atoms with Crippen LogP contribution in [0.15, 0.2) is 83.8 Å². The van der Waals surface area contributed by atoms with Crippen LogP contribution in [-0.2, 0) is 21.2 Å². The Morgan fingerprint density at radius 1 is 0.944 bits per heavy atom. The molecule has 0 saturated carbocycles. The summed E-state index contributed by atoms with van der Waals surface area (Å²) in [6.07, 6.45) is 0.212. The van der Waals surface area contributed by atoms with E-state index in [9.17, 15) is 17.6 Å². The third-order valence-corrected chi connectivity index (χ3v) is 7.60. The molecule has 9 heteroatoms. The number of nitrogens with one attached hydrogen (secondary N) is 1. The average molecular weight is 512 g/mol. The number of rotatable bonds is 9. The topological polar surface area (TPSA) is 78.9 Å². The van der Waals surface area contributed by atoms with Crippen LogP contribution in [0.4, 0.5) is 10.1 Å². The van der Waals surface area contributed by atoms with E-state index < -0.39 is 16.1 Å². The van der Waals surface area contributed by atoms with Crippen molar-refractivity contribution in [2.75, 3.05) is 37.7 Å². The number of ether oxygens (including phenoxy) is 1. The molecule has 1 amide bonds. The highest BCUT2D eigenvalue weighted by Gasteiger charge is 2.31. The highest BCUT2D eigenvalue weighted by molar-refractivity contribution is 7.89. The number of nitrogens with zero attached hydrogens (tertiary/aromatic N) is 2. The zero-order valence-electron chi connectivity index (χ0n) is 20.1. The van der Waals surface area contributed by atoms with E-state index in [4.69, 9.17) is 4.74 Å². The molecular formula is C27H30FN3O4S. The van der Waals surface area contributed by atoms with Crippen molar-refractivity contribution >= 4 is 21.6 Å². The van der Waals surface area contributed by atoms with E-state index in [0.29, 0.717) is 44.2 Å². The molecule has 0 aliphatic carbocycles. The first kappa shape index (κ1) is 25.7. The maximum Gasteiger partial charge on any atom is 0.241 e. The standard InChI is InChI=1S/C27H30FN3O4S/c1-2-35-22-12-14-23(15-13-22)36(33,34)29-25(20-21-8-4-3-5-9-21)27(32)31-18-16-30(17-19-31)26-11-7-6-10-24(26)28/h3-15,25,29H,2,16-20H2,1H3. The van der Waals surface area contributed by atoms with Gasteiger partial charge in [0, 0.05) is 26.2 Å². The quantitative estimate of drug-likeness (QED) is 0.476. The molecule has 3 aromatic rings. The Morgan fingerprint density at radius 3 is 2.22 bits per heavy atom. The second-order valence-corrected chi connectivity index (χ2v) is 10.2. The first-order valence-corrected chi connectivity index (χ1v) is 13.4. The molecule has 1 saturated heterocycles. The van der Waals surface area contributed by atoms with Gasteiger partial charge >= 0.3 is 0 Å². The van der Waals surface area contributed by atoms with Crippen LogP contribution in [0.1, 0.15) is 12.5 Å². The fraction of sp³-hybridized carbons (Fsp3) is 0.296. The number of carbonyl (C=O) groups excluding carboxylic acids is 1. The van der Waals surface area contributed by atoms with Crippen molar-refractivity contribution in [2.45, 2.75) is 24.3 Å². The molecule has 36 heavy (non-hydrogen) atoms. The van der Waals surface area contributed by atoms with Crippen molar-refractivity contribution in [3.8, 4) is 5.75 Å². The van der Waals surface area contributed by atoms with E-state index in [2.05, 4.69) is 4.72 Å². The number of anilines is 1. The number of amides is 1. The number of para-hydroxylation sites is 1. The molecule has 1 aliphatic rings. The molecule has 0 spiro atoms. The Labute approximate surface area is 211 Å². The maximum absolute atomic E-state index is 14.2. The zero-order chi connectivity index (χ0) is 25.5. The summed E-state index contributed by atoms with van der Waals surface area (Å²) in [5.41, 5.74) is 1.34. The van der Waals surface area contributed by atoms with E-state index in [0.717, 1.165) is 5.56 Å². The number of hydrogen-bond acceptors (Lipinski definition) is 5. The Hall–Kier alpha value is -3.43. The predicted octanol–water partition coefficient (Wildman–Crippen LogP) is 3.46. The minimum Gasteiger partial charge on any atom is -0.494 e. The predicted molar refractivity (Wildman–Crippen MR) is 137 cm³/mol. The van der Waals surface area contributed by atoms with Gasteiger partial charge in [-0.15, -0.1) is 0 Å². The summed E-state index contributed by atoms with van der Waals surface area (Å²) in [7, 11) is -3.97. The fourth-order valence-corrected chi connectivity index (χ4v) is 5.45. The Balaban J connectivity index is 1.50. The number of carbonyl (C=O) groups is 1. The second-order valence-electron chi connectivity index (χ2n) is 8.53. The molecule has 1 unspecified atom stereocenters. The first-order valence-electron chi connectivity index (χ1n) is 11.9. The van der Waals surface area contributed by atoms with Gasteiger partial charge in [-0.3, -0.25) is 4.79 Å². The van der Waals surface area contributed by atoms with Gasteiger partial charge < -0.3 is 14.5 Å². The number of sulfonamides is 1. The van der Waals surface area contributed by atoms with Crippen LogP contribution in [-0.4, -0.2) is 58.1 Å². The zero-order valence-corrected chi connectivity index (χ0v) is 21.0. The van der Waals surface area contributed by atoms with E-state index >= 15 is 0 Å². The molecule has 1 heterocycles. The van der Waals surface area contributed by atoms with Gasteiger partial charge in [-0.2, -0.15) is 4.72 Å². The maximum atomic E-state index is 14.2. The summed E-state index contributed by atoms with van der Waals surface area (Å²) in [6.45, 7) is 3.96. The van der Waals surface area contributed by atoms with Crippen LogP contribution in [0.3, 0.4) is 0 Å². The van der Waals surface area contributed by atoms with Crippen molar-refractivity contribution in [2.24, 2.45) is 0 Å². The van der Waals surface area contributed by atoms with Crippen molar-refractivity contribution in [3.05, 3.63) is 90.2 Å². The number of hydrogen-bond donors (Lipinski definition) is 1. The molecular weight excluding hydrogens is 481 g/mol. The third kappa shape index (κ3) is 6.22. The van der Waals surface area contributed by atoms with Crippen molar-refractivity contribution in [1.82, 2.24) is 9.62 Å². The monoisotopic (exact) mass is 511 g/mol. The van der Waals surface area contributed by atoms with Crippen LogP contribution in [0.25, 0.3) is 0 Å². The van der Waals surface area contributed by atoms with E-state index in [1.54, 1.807) is 35.2 Å². The largest absolute Gasteiger partial charge is 0.494 e. The summed E-state index contributed by atoms with van der Waals surface area (Å²) in [5, 5.41) is 0. The molecule has 1 aliphatic heterocycles. The minimum absolute atomic E-state index is 0.0567. The van der Waals surface area contributed by atoms with Gasteiger partial charge in [-0.25, -0.2) is 12.8 Å². The number of benzene rings is 3. The lowest BCUT2D eigenvalue weighted by molar-refractivity contribution is -0.133. The molecule has 0 bridgehead atoms. The Kier molecular flexibility index (Phi) is 8.22. The molecule has 0 aromatic heterocycles. The minimum atomic E-state index is -3.97. The molecule has 0 radical (unpaired) electrons. The summed E-state index contributed by atoms with van der Waals surface area (Å²) >= 11 is 0. The Morgan fingerprint density at radius 2 is 1.58 bits per heavy atom. The molecule has 7 nitrogen and oxygen atoms in total. The fourth-order valence-electron chi connectivity index (χ4n) is 4.26. The van der Waals surface area contributed by atoms with Gasteiger partial charge in [0.1, 0.15) is 17.6 Å². The summed E-state index contributed by atoms with van der Waals surface area (Å²) < 4.78 is 48.6. The van der Waals surface area contributed by atoms with Crippen LogP contribution in [0.5, 0.6) is 5.75 Å². The lowest BCUT2D eigenvalue weighted by atomic mass is 10.1. The number of halogens is 1. The van der Waals surface area contributed by atoms with E-state index in [1.807, 2.05) is 42.2 Å². The van der Waals surface area contributed by atoms with Crippen LogP contribution in [0.2, 0.25) is 0 Å². The van der Waals surface area contributed by atoms with Crippen LogP contribution < -0.4 is 14.4 Å². The highest BCUT2D eigenvalue weighted by Crippen LogP contribution is 2.21. The SMILES string of the molecule is CCOc1ccc(S(=O)(=O)NC(Cc2ccccc2)C(=O)N2CCN(c3ccccc3F)CC2)cc1. The van der Waals surface area contributed by atoms with Gasteiger partial charge in [-0.1, -0.05) is 42.5 Å². The molecule has 1 fully saturated rings. The lowest BCUT2D eigenvalue weighted by Crippen LogP contribution is -2.55. The summed E-state index contributed by atoms with van der Waals surface area (Å²) in [4.78, 5) is 17.1. The van der Waals surface area contributed by atoms with Crippen LogP contribution >= 0.6 is 0 Å². The van der Waals surface area contributed by atoms with Crippen molar-refractivity contribution in [3.63, 3.8) is 0 Å². The van der Waals surface area contributed by atoms with Gasteiger partial charge in [0.05, 0.1) is 17.2 Å². The first-order chi connectivity index (χ1) is 17.4. The van der Waals surface area contributed by atoms with Gasteiger partial charge in [0.15, 0.2) is 0 Å². The highest BCUT2D eigenvalue weighted by atomic mass is 32.2. The van der Waals surface area contributed by atoms with Gasteiger partial charge in [0.25, 0.3) is 0 Å². The van der Waals surface area contributed by atoms with Gasteiger partial charge in [-0.05, 0) is 55.3 Å². The van der Waals surface area contributed by atoms with Gasteiger partial charge in [0.2, 0.25) is 15.9 Å². The lowest BCUT2D eigenvalue weighted by Gasteiger charge is -2.37. The van der Waals surface area contributed by atoms with E-state index in [-0.39, 0.29) is 23.0 Å². The third-order valence-electron chi connectivity index (χ3n) is 6.11. The average Bonchev–Trinajstić information content (AvgIpc) is 2.89. The van der Waals surface area contributed by atoms with Crippen LogP contribution in [0, 0.1) is 5.82 Å².